The molecule has 0 aliphatic heterocycles. The Morgan fingerprint density at radius 1 is 1.33 bits per heavy atom. The average Bonchev–Trinajstić information content (AvgIpc) is 2.87. The first-order valence-corrected chi connectivity index (χ1v) is 8.32. The summed E-state index contributed by atoms with van der Waals surface area (Å²) in [6.45, 7) is 3.18. The monoisotopic (exact) mass is 365 g/mol. The van der Waals surface area contributed by atoms with Crippen molar-refractivity contribution in [3.05, 3.63) is 62.7 Å². The second-order valence-electron chi connectivity index (χ2n) is 5.67. The Labute approximate surface area is 149 Å². The number of benzene rings is 1. The predicted octanol–water partition coefficient (Wildman–Crippen LogP) is 3.99. The molecule has 0 saturated heterocycles. The van der Waals surface area contributed by atoms with E-state index in [4.69, 9.17) is 27.6 Å². The molecule has 3 aromatic rings. The molecule has 0 amide bonds. The predicted molar refractivity (Wildman–Crippen MR) is 95.8 cm³/mol. The molecule has 5 nitrogen and oxygen atoms in total. The quantitative estimate of drug-likeness (QED) is 0.685. The number of hydrogen-bond acceptors (Lipinski definition) is 4. The molecule has 2 heterocycles. The van der Waals surface area contributed by atoms with E-state index in [-0.39, 0.29) is 6.04 Å². The highest BCUT2D eigenvalue weighted by atomic mass is 35.5. The fraction of sp³-hybridized carbons (Fsp3) is 0.294. The van der Waals surface area contributed by atoms with E-state index in [1.54, 1.807) is 29.0 Å². The number of nitrogens with zero attached hydrogens (tertiary/aromatic N) is 3. The highest BCUT2D eigenvalue weighted by molar-refractivity contribution is 6.35. The molecule has 0 N–H and O–H groups in total. The van der Waals surface area contributed by atoms with Crippen molar-refractivity contribution in [2.45, 2.75) is 19.5 Å². The lowest BCUT2D eigenvalue weighted by Crippen LogP contribution is -2.29. The van der Waals surface area contributed by atoms with Crippen LogP contribution in [0.4, 0.5) is 0 Å². The minimum atomic E-state index is -0.394. The number of likely N-dealkylation sites (N-methyl/N-ethyl adjacent to an activating group) is 1. The van der Waals surface area contributed by atoms with Gasteiger partial charge in [-0.1, -0.05) is 29.3 Å². The smallest absolute Gasteiger partial charge is 0.406 e. The highest BCUT2D eigenvalue weighted by Gasteiger charge is 2.16. The van der Waals surface area contributed by atoms with Crippen molar-refractivity contribution < 1.29 is 4.42 Å². The summed E-state index contributed by atoms with van der Waals surface area (Å²) in [7, 11) is 1.98. The molecule has 0 bridgehead atoms. The van der Waals surface area contributed by atoms with Gasteiger partial charge >= 0.3 is 5.76 Å². The molecule has 0 radical (unpaired) electrons. The lowest BCUT2D eigenvalue weighted by molar-refractivity contribution is 0.249. The van der Waals surface area contributed by atoms with Gasteiger partial charge in [0.15, 0.2) is 11.2 Å². The molecule has 1 atom stereocenters. The third-order valence-corrected chi connectivity index (χ3v) is 4.74. The van der Waals surface area contributed by atoms with Crippen molar-refractivity contribution in [1.29, 1.82) is 0 Å². The van der Waals surface area contributed by atoms with Crippen LogP contribution in [0.25, 0.3) is 11.2 Å². The van der Waals surface area contributed by atoms with Gasteiger partial charge in [0.25, 0.3) is 0 Å². The van der Waals surface area contributed by atoms with E-state index in [1.807, 2.05) is 19.2 Å². The van der Waals surface area contributed by atoms with E-state index >= 15 is 0 Å². The molecule has 126 valence electrons. The van der Waals surface area contributed by atoms with Crippen molar-refractivity contribution in [2.24, 2.45) is 0 Å². The number of aromatic nitrogens is 2. The molecule has 7 heteroatoms. The lowest BCUT2D eigenvalue weighted by Gasteiger charge is -2.25. The van der Waals surface area contributed by atoms with E-state index in [2.05, 4.69) is 16.8 Å². The summed E-state index contributed by atoms with van der Waals surface area (Å²) in [6.07, 6.45) is 1.65. The van der Waals surface area contributed by atoms with Crippen LogP contribution in [0.2, 0.25) is 10.0 Å². The van der Waals surface area contributed by atoms with Crippen LogP contribution in [-0.4, -0.2) is 28.0 Å². The zero-order valence-corrected chi connectivity index (χ0v) is 14.9. The maximum absolute atomic E-state index is 12.0. The van der Waals surface area contributed by atoms with Crippen molar-refractivity contribution in [3.8, 4) is 0 Å². The topological polar surface area (TPSA) is 51.3 Å². The maximum Gasteiger partial charge on any atom is 0.421 e. The van der Waals surface area contributed by atoms with E-state index < -0.39 is 5.76 Å². The highest BCUT2D eigenvalue weighted by Crippen LogP contribution is 2.29. The normalized spacial score (nSPS) is 12.9. The van der Waals surface area contributed by atoms with Crippen LogP contribution in [0, 0.1) is 0 Å². The second kappa shape index (κ2) is 6.97. The number of rotatable bonds is 5. The van der Waals surface area contributed by atoms with Crippen molar-refractivity contribution in [2.75, 3.05) is 13.6 Å². The fourth-order valence-corrected chi connectivity index (χ4v) is 3.19. The Morgan fingerprint density at radius 2 is 2.12 bits per heavy atom. The van der Waals surface area contributed by atoms with Crippen molar-refractivity contribution >= 4 is 34.4 Å². The third kappa shape index (κ3) is 3.34. The Kier molecular flexibility index (Phi) is 4.94. The van der Waals surface area contributed by atoms with Crippen molar-refractivity contribution in [1.82, 2.24) is 14.5 Å². The van der Waals surface area contributed by atoms with Gasteiger partial charge in [0, 0.05) is 35.4 Å². The first-order chi connectivity index (χ1) is 11.5. The largest absolute Gasteiger partial charge is 0.421 e. The zero-order valence-electron chi connectivity index (χ0n) is 13.4. The summed E-state index contributed by atoms with van der Waals surface area (Å²) in [5, 5.41) is 1.25. The average molecular weight is 366 g/mol. The van der Waals surface area contributed by atoms with Crippen LogP contribution >= 0.6 is 23.2 Å². The van der Waals surface area contributed by atoms with Gasteiger partial charge in [-0.3, -0.25) is 9.47 Å². The summed E-state index contributed by atoms with van der Waals surface area (Å²) in [6, 6.07) is 9.04. The number of fused-ring (bicyclic) bond motifs is 1. The van der Waals surface area contributed by atoms with Gasteiger partial charge in [-0.05, 0) is 43.8 Å². The molecule has 0 spiro atoms. The van der Waals surface area contributed by atoms with Gasteiger partial charge in [0.05, 0.1) is 0 Å². The first kappa shape index (κ1) is 17.0. The lowest BCUT2D eigenvalue weighted by atomic mass is 10.1. The summed E-state index contributed by atoms with van der Waals surface area (Å²) >= 11 is 12.2. The Morgan fingerprint density at radius 3 is 2.88 bits per heavy atom. The molecule has 0 unspecified atom stereocenters. The van der Waals surface area contributed by atoms with E-state index in [1.165, 1.54) is 0 Å². The van der Waals surface area contributed by atoms with Crippen LogP contribution in [0.1, 0.15) is 18.5 Å². The summed E-state index contributed by atoms with van der Waals surface area (Å²) in [4.78, 5) is 18.3. The Hall–Kier alpha value is -1.82. The Bertz CT molecular complexity index is 920. The van der Waals surface area contributed by atoms with E-state index in [0.717, 1.165) is 5.56 Å². The molecule has 24 heavy (non-hydrogen) atoms. The SMILES string of the molecule is C[C@H](c1ccc(Cl)cc1Cl)N(C)CCn1c(=O)oc2cccnc21. The van der Waals surface area contributed by atoms with Crippen LogP contribution in [0.5, 0.6) is 0 Å². The van der Waals surface area contributed by atoms with Gasteiger partial charge in [-0.15, -0.1) is 0 Å². The first-order valence-electron chi connectivity index (χ1n) is 7.57. The zero-order chi connectivity index (χ0) is 17.3. The van der Waals surface area contributed by atoms with Gasteiger partial charge in [-0.2, -0.15) is 0 Å². The van der Waals surface area contributed by atoms with Crippen LogP contribution in [0.15, 0.2) is 45.7 Å². The standard InChI is InChI=1S/C17H17Cl2N3O2/c1-11(13-6-5-12(18)10-14(13)19)21(2)8-9-22-16-15(24-17(22)23)4-3-7-20-16/h3-7,10-11H,8-9H2,1-2H3/t11-/m1/s1. The third-order valence-electron chi connectivity index (χ3n) is 4.17. The number of hydrogen-bond donors (Lipinski definition) is 0. The Balaban J connectivity index is 1.76. The van der Waals surface area contributed by atoms with Gasteiger partial charge in [-0.25, -0.2) is 9.78 Å². The van der Waals surface area contributed by atoms with E-state index in [0.29, 0.717) is 34.4 Å². The van der Waals surface area contributed by atoms with E-state index in [9.17, 15) is 4.79 Å². The molecular formula is C17H17Cl2N3O2. The van der Waals surface area contributed by atoms with Crippen LogP contribution in [-0.2, 0) is 6.54 Å². The van der Waals surface area contributed by atoms with Gasteiger partial charge in [0.1, 0.15) is 0 Å². The molecule has 1 aromatic carbocycles. The van der Waals surface area contributed by atoms with Crippen molar-refractivity contribution in [3.63, 3.8) is 0 Å². The molecular weight excluding hydrogens is 349 g/mol. The molecule has 0 aliphatic rings. The molecule has 0 fully saturated rings. The summed E-state index contributed by atoms with van der Waals surface area (Å²) in [5.74, 6) is -0.394. The fourth-order valence-electron chi connectivity index (χ4n) is 2.63. The number of oxazole rings is 1. The maximum atomic E-state index is 12.0. The van der Waals surface area contributed by atoms with Gasteiger partial charge in [0.2, 0.25) is 0 Å². The molecule has 3 rings (SSSR count). The molecule has 0 saturated carbocycles. The summed E-state index contributed by atoms with van der Waals surface area (Å²) in [5.41, 5.74) is 2.05. The molecule has 2 aromatic heterocycles. The second-order valence-corrected chi connectivity index (χ2v) is 6.51. The van der Waals surface area contributed by atoms with Crippen LogP contribution in [0.3, 0.4) is 0 Å². The minimum Gasteiger partial charge on any atom is -0.406 e. The van der Waals surface area contributed by atoms with Gasteiger partial charge < -0.3 is 4.42 Å². The number of pyridine rings is 1. The summed E-state index contributed by atoms with van der Waals surface area (Å²) < 4.78 is 6.74. The van der Waals surface area contributed by atoms with Crippen LogP contribution < -0.4 is 5.76 Å². The molecule has 0 aliphatic carbocycles. The number of halogens is 2. The minimum absolute atomic E-state index is 0.0802.